The minimum absolute atomic E-state index is 0.0718. The molecule has 0 radical (unpaired) electrons. The van der Waals surface area contributed by atoms with Crippen LogP contribution in [0.4, 0.5) is 9.59 Å². The van der Waals surface area contributed by atoms with Gasteiger partial charge in [0.25, 0.3) is 0 Å². The highest BCUT2D eigenvalue weighted by molar-refractivity contribution is 5.68. The fraction of sp³-hybridized carbons (Fsp3) is 0.714. The maximum Gasteiger partial charge on any atom is 0.508 e. The van der Waals surface area contributed by atoms with Crippen molar-refractivity contribution in [2.24, 2.45) is 0 Å². The van der Waals surface area contributed by atoms with Crippen molar-refractivity contribution in [1.29, 1.82) is 0 Å². The van der Waals surface area contributed by atoms with Crippen molar-refractivity contribution < 1.29 is 23.8 Å². The van der Waals surface area contributed by atoms with Crippen LogP contribution in [0.5, 0.6) is 0 Å². The Morgan fingerprint density at radius 3 is 2.00 bits per heavy atom. The molecule has 0 saturated heterocycles. The number of hydrogen-bond acceptors (Lipinski definition) is 5. The van der Waals surface area contributed by atoms with Crippen molar-refractivity contribution in [3.8, 4) is 0 Å². The van der Waals surface area contributed by atoms with Gasteiger partial charge < -0.3 is 19.5 Å². The third-order valence-corrected chi connectivity index (χ3v) is 1.76. The van der Waals surface area contributed by atoms with E-state index in [4.69, 9.17) is 14.2 Å². The average molecular weight is 287 g/mol. The quantitative estimate of drug-likeness (QED) is 0.635. The molecule has 0 rings (SSSR count). The van der Waals surface area contributed by atoms with Gasteiger partial charge in [0.1, 0.15) is 17.8 Å². The molecule has 6 nitrogen and oxygen atoms in total. The molecule has 0 unspecified atom stereocenters. The molecule has 0 aromatic carbocycles. The lowest BCUT2D eigenvalue weighted by Gasteiger charge is -2.23. The molecule has 0 spiro atoms. The van der Waals surface area contributed by atoms with Gasteiger partial charge >= 0.3 is 12.2 Å². The molecule has 1 amide bonds. The summed E-state index contributed by atoms with van der Waals surface area (Å²) < 4.78 is 15.0. The minimum Gasteiger partial charge on any atom is -0.444 e. The van der Waals surface area contributed by atoms with Crippen LogP contribution in [-0.2, 0) is 14.2 Å². The van der Waals surface area contributed by atoms with Crippen molar-refractivity contribution in [2.75, 3.05) is 6.61 Å². The highest BCUT2D eigenvalue weighted by Crippen LogP contribution is 2.09. The Hall–Kier alpha value is -1.72. The molecule has 0 aliphatic carbocycles. The third-order valence-electron chi connectivity index (χ3n) is 1.76. The summed E-state index contributed by atoms with van der Waals surface area (Å²) in [6.07, 6.45) is 0.0550. The summed E-state index contributed by atoms with van der Waals surface area (Å²) >= 11 is 0. The Morgan fingerprint density at radius 1 is 1.10 bits per heavy atom. The van der Waals surface area contributed by atoms with Crippen LogP contribution >= 0.6 is 0 Å². The monoisotopic (exact) mass is 287 g/mol. The second-order valence-electron chi connectivity index (χ2n) is 6.26. The molecule has 0 heterocycles. The molecule has 1 atom stereocenters. The number of amides is 1. The lowest BCUT2D eigenvalue weighted by Crippen LogP contribution is -2.41. The number of alkyl carbamates (subject to hydrolysis) is 1. The van der Waals surface area contributed by atoms with Crippen molar-refractivity contribution in [1.82, 2.24) is 5.32 Å². The normalized spacial score (nSPS) is 13.1. The molecule has 0 aliphatic rings. The Labute approximate surface area is 120 Å². The van der Waals surface area contributed by atoms with E-state index in [1.54, 1.807) is 41.5 Å². The Kier molecular flexibility index (Phi) is 6.55. The van der Waals surface area contributed by atoms with Crippen LogP contribution in [0.3, 0.4) is 0 Å². The summed E-state index contributed by atoms with van der Waals surface area (Å²) in [5.74, 6) is 0. The smallest absolute Gasteiger partial charge is 0.444 e. The number of ether oxygens (including phenoxy) is 3. The van der Waals surface area contributed by atoms with Crippen LogP contribution in [0.25, 0.3) is 0 Å². The van der Waals surface area contributed by atoms with Gasteiger partial charge in [-0.3, -0.25) is 0 Å². The van der Waals surface area contributed by atoms with E-state index in [9.17, 15) is 9.59 Å². The molecule has 1 N–H and O–H groups in total. The number of carbonyl (C=O) groups is 2. The van der Waals surface area contributed by atoms with Crippen LogP contribution in [0.2, 0.25) is 0 Å². The van der Waals surface area contributed by atoms with E-state index < -0.39 is 29.5 Å². The second-order valence-corrected chi connectivity index (χ2v) is 6.26. The molecule has 0 aromatic heterocycles. The van der Waals surface area contributed by atoms with Crippen LogP contribution in [-0.4, -0.2) is 36.1 Å². The lowest BCUT2D eigenvalue weighted by molar-refractivity contribution is -0.0100. The van der Waals surface area contributed by atoms with Crippen LogP contribution in [0.15, 0.2) is 12.7 Å². The third kappa shape index (κ3) is 10.2. The predicted molar refractivity (Wildman–Crippen MR) is 75.5 cm³/mol. The van der Waals surface area contributed by atoms with Crippen molar-refractivity contribution in [2.45, 2.75) is 58.8 Å². The van der Waals surface area contributed by atoms with Crippen molar-refractivity contribution >= 4 is 12.2 Å². The SMILES string of the molecule is C=C[C@@H](COC(=O)OC(C)(C)C)NC(=O)OC(C)(C)C. The van der Waals surface area contributed by atoms with Gasteiger partial charge in [-0.05, 0) is 41.5 Å². The van der Waals surface area contributed by atoms with E-state index in [1.165, 1.54) is 6.08 Å². The molecule has 6 heteroatoms. The van der Waals surface area contributed by atoms with Crippen molar-refractivity contribution in [3.63, 3.8) is 0 Å². The summed E-state index contributed by atoms with van der Waals surface area (Å²) in [6, 6.07) is -0.544. The number of nitrogens with one attached hydrogen (secondary N) is 1. The van der Waals surface area contributed by atoms with Crippen molar-refractivity contribution in [3.05, 3.63) is 12.7 Å². The molecule has 0 bridgehead atoms. The largest absolute Gasteiger partial charge is 0.508 e. The number of rotatable bonds is 4. The molecular formula is C14H25NO5. The molecule has 0 aliphatic heterocycles. The van der Waals surface area contributed by atoms with Gasteiger partial charge in [-0.2, -0.15) is 0 Å². The topological polar surface area (TPSA) is 73.9 Å². The summed E-state index contributed by atoms with van der Waals surface area (Å²) in [7, 11) is 0. The lowest BCUT2D eigenvalue weighted by atomic mass is 10.2. The van der Waals surface area contributed by atoms with E-state index in [2.05, 4.69) is 11.9 Å². The first-order valence-electron chi connectivity index (χ1n) is 6.41. The zero-order valence-electron chi connectivity index (χ0n) is 13.1. The van der Waals surface area contributed by atoms with Gasteiger partial charge in [0.15, 0.2) is 0 Å². The standard InChI is InChI=1S/C14H25NO5/c1-8-10(15-11(16)19-13(2,3)4)9-18-12(17)20-14(5,6)7/h8,10H,1,9H2,2-7H3,(H,15,16)/t10-/m0/s1. The van der Waals surface area contributed by atoms with E-state index in [0.717, 1.165) is 0 Å². The number of hydrogen-bond donors (Lipinski definition) is 1. The first-order valence-corrected chi connectivity index (χ1v) is 6.41. The fourth-order valence-corrected chi connectivity index (χ4v) is 1.06. The predicted octanol–water partition coefficient (Wildman–Crippen LogP) is 3.02. The van der Waals surface area contributed by atoms with Gasteiger partial charge in [0.05, 0.1) is 6.04 Å². The first-order chi connectivity index (χ1) is 8.93. The van der Waals surface area contributed by atoms with E-state index in [-0.39, 0.29) is 6.61 Å². The Morgan fingerprint density at radius 2 is 1.60 bits per heavy atom. The maximum absolute atomic E-state index is 11.5. The number of carbonyl (C=O) groups excluding carboxylic acids is 2. The van der Waals surface area contributed by atoms with Crippen LogP contribution < -0.4 is 5.32 Å². The van der Waals surface area contributed by atoms with Crippen LogP contribution in [0, 0.1) is 0 Å². The Balaban J connectivity index is 4.20. The summed E-state index contributed by atoms with van der Waals surface area (Å²) in [5.41, 5.74) is -1.22. The Bertz CT molecular complexity index is 352. The minimum atomic E-state index is -0.796. The zero-order valence-corrected chi connectivity index (χ0v) is 13.1. The van der Waals surface area contributed by atoms with Crippen LogP contribution in [0.1, 0.15) is 41.5 Å². The molecule has 0 saturated carbocycles. The summed E-state index contributed by atoms with van der Waals surface area (Å²) in [6.45, 7) is 14.0. The highest BCUT2D eigenvalue weighted by Gasteiger charge is 2.21. The molecule has 20 heavy (non-hydrogen) atoms. The molecule has 0 fully saturated rings. The molecular weight excluding hydrogens is 262 g/mol. The summed E-state index contributed by atoms with van der Waals surface area (Å²) in [5, 5.41) is 2.53. The molecule has 116 valence electrons. The average Bonchev–Trinajstić information content (AvgIpc) is 2.18. The van der Waals surface area contributed by atoms with E-state index in [0.29, 0.717) is 0 Å². The van der Waals surface area contributed by atoms with E-state index >= 15 is 0 Å². The van der Waals surface area contributed by atoms with Gasteiger partial charge in [-0.1, -0.05) is 6.08 Å². The van der Waals surface area contributed by atoms with Gasteiger partial charge in [0.2, 0.25) is 0 Å². The van der Waals surface area contributed by atoms with Gasteiger partial charge in [-0.25, -0.2) is 9.59 Å². The fourth-order valence-electron chi connectivity index (χ4n) is 1.06. The highest BCUT2D eigenvalue weighted by atomic mass is 16.7. The summed E-state index contributed by atoms with van der Waals surface area (Å²) in [4.78, 5) is 22.9. The zero-order chi connectivity index (χ0) is 16.0. The van der Waals surface area contributed by atoms with Gasteiger partial charge in [-0.15, -0.1) is 6.58 Å². The van der Waals surface area contributed by atoms with Gasteiger partial charge in [0, 0.05) is 0 Å². The first kappa shape index (κ1) is 18.3. The van der Waals surface area contributed by atoms with E-state index in [1.807, 2.05) is 0 Å². The molecule has 0 aromatic rings. The second kappa shape index (κ2) is 7.17. The maximum atomic E-state index is 11.5.